The fraction of sp³-hybridized carbons (Fsp3) is 0.571. The van der Waals surface area contributed by atoms with E-state index in [1.165, 1.54) is 0 Å². The third-order valence-electron chi connectivity index (χ3n) is 1.67. The van der Waals surface area contributed by atoms with Crippen LogP contribution in [0.25, 0.3) is 0 Å². The third-order valence-corrected chi connectivity index (χ3v) is 1.67. The first kappa shape index (κ1) is 24.4. The molecule has 0 bridgehead atoms. The van der Waals surface area contributed by atoms with Crippen molar-refractivity contribution in [2.75, 3.05) is 26.2 Å². The summed E-state index contributed by atoms with van der Waals surface area (Å²) >= 11 is 0. The summed E-state index contributed by atoms with van der Waals surface area (Å²) in [6, 6.07) is 0. The maximum atomic E-state index is 3.06. The molecule has 0 unspecified atom stereocenters. The van der Waals surface area contributed by atoms with Gasteiger partial charge in [-0.05, 0) is 39.0 Å². The molecule has 0 saturated heterocycles. The molecular formula is C14H30CuN4+2. The first-order valence-electron chi connectivity index (χ1n) is 6.73. The van der Waals surface area contributed by atoms with Gasteiger partial charge in [0.25, 0.3) is 0 Å². The Morgan fingerprint density at radius 2 is 0.737 bits per heavy atom. The molecule has 0 atom stereocenters. The first-order valence-corrected chi connectivity index (χ1v) is 6.73. The van der Waals surface area contributed by atoms with Crippen LogP contribution in [0.1, 0.15) is 27.7 Å². The van der Waals surface area contributed by atoms with Gasteiger partial charge < -0.3 is 21.3 Å². The van der Waals surface area contributed by atoms with Gasteiger partial charge in [0, 0.05) is 26.2 Å². The molecule has 0 fully saturated rings. The molecule has 0 aliphatic carbocycles. The van der Waals surface area contributed by atoms with Gasteiger partial charge in [0.1, 0.15) is 0 Å². The van der Waals surface area contributed by atoms with Crippen LogP contribution in [-0.4, -0.2) is 26.2 Å². The van der Waals surface area contributed by atoms with Crippen molar-refractivity contribution in [3.8, 4) is 0 Å². The number of hydrogen-bond donors (Lipinski definition) is 4. The maximum absolute atomic E-state index is 3.06. The zero-order chi connectivity index (χ0) is 13.9. The summed E-state index contributed by atoms with van der Waals surface area (Å²) in [7, 11) is 0. The molecule has 5 heteroatoms. The summed E-state index contributed by atoms with van der Waals surface area (Å²) in [5.74, 6) is 0. The zero-order valence-corrected chi connectivity index (χ0v) is 13.5. The molecule has 0 saturated carbocycles. The molecule has 0 aromatic heterocycles. The molecule has 0 aliphatic rings. The molecule has 115 valence electrons. The van der Waals surface area contributed by atoms with Crippen molar-refractivity contribution in [3.63, 3.8) is 0 Å². The van der Waals surface area contributed by atoms with Crippen LogP contribution in [0, 0.1) is 39.0 Å². The average Bonchev–Trinajstić information content (AvgIpc) is 2.39. The minimum atomic E-state index is 0. The summed E-state index contributed by atoms with van der Waals surface area (Å²) < 4.78 is 0. The molecule has 0 heterocycles. The Kier molecular flexibility index (Phi) is 34.4. The number of nitrogens with one attached hydrogen (secondary N) is 4. The minimum Gasteiger partial charge on any atom is -0.312 e. The van der Waals surface area contributed by atoms with Crippen LogP contribution in [0.15, 0.2) is 0 Å². The number of rotatable bonds is 12. The van der Waals surface area contributed by atoms with Gasteiger partial charge >= 0.3 is 17.1 Å². The molecular weight excluding hydrogens is 288 g/mol. The predicted molar refractivity (Wildman–Crippen MR) is 80.5 cm³/mol. The van der Waals surface area contributed by atoms with Crippen molar-refractivity contribution in [2.45, 2.75) is 27.7 Å². The standard InChI is InChI=1S/2C7H15N2.Cu/c2*1-3-8-6-5-7-9-4-2;/h2*5-9H,3-4H2,1-2H3;/q;;+2. The van der Waals surface area contributed by atoms with Gasteiger partial charge in [-0.1, -0.05) is 27.7 Å². The van der Waals surface area contributed by atoms with Crippen molar-refractivity contribution in [3.05, 3.63) is 39.0 Å². The molecule has 0 spiro atoms. The van der Waals surface area contributed by atoms with E-state index in [4.69, 9.17) is 0 Å². The van der Waals surface area contributed by atoms with E-state index in [0.717, 1.165) is 26.2 Å². The van der Waals surface area contributed by atoms with E-state index in [2.05, 4.69) is 49.0 Å². The second kappa shape index (κ2) is 26.8. The maximum Gasteiger partial charge on any atom is 2.00 e. The topological polar surface area (TPSA) is 48.1 Å². The molecule has 0 aliphatic heterocycles. The summed E-state index contributed by atoms with van der Waals surface area (Å²) in [5, 5.41) is 12.2. The monoisotopic (exact) mass is 317 g/mol. The van der Waals surface area contributed by atoms with E-state index in [9.17, 15) is 0 Å². The molecule has 0 aromatic carbocycles. The minimum absolute atomic E-state index is 0. The van der Waals surface area contributed by atoms with Crippen molar-refractivity contribution < 1.29 is 17.1 Å². The molecule has 4 N–H and O–H groups in total. The predicted octanol–water partition coefficient (Wildman–Crippen LogP) is 1.46. The Morgan fingerprint density at radius 1 is 0.526 bits per heavy atom. The van der Waals surface area contributed by atoms with Gasteiger partial charge in [0.15, 0.2) is 0 Å². The van der Waals surface area contributed by atoms with Gasteiger partial charge in [-0.15, -0.1) is 0 Å². The van der Waals surface area contributed by atoms with Crippen LogP contribution in [-0.2, 0) is 17.1 Å². The van der Waals surface area contributed by atoms with E-state index in [1.54, 1.807) is 0 Å². The second-order valence-corrected chi connectivity index (χ2v) is 3.28. The van der Waals surface area contributed by atoms with Gasteiger partial charge in [-0.25, -0.2) is 0 Å². The SMILES string of the molecule is CCN[CH][CH][CH]NCC.CCN[CH][CH][CH]NCC.[Cu+2]. The summed E-state index contributed by atoms with van der Waals surface area (Å²) in [4.78, 5) is 0. The smallest absolute Gasteiger partial charge is 0.312 e. The normalized spacial score (nSPS) is 9.47. The quantitative estimate of drug-likeness (QED) is 0.325. The van der Waals surface area contributed by atoms with Crippen LogP contribution in [0.4, 0.5) is 0 Å². The largest absolute Gasteiger partial charge is 2.00 e. The Hall–Kier alpha value is 0.359. The second-order valence-electron chi connectivity index (χ2n) is 3.28. The van der Waals surface area contributed by atoms with Gasteiger partial charge in [0.2, 0.25) is 0 Å². The molecule has 19 heavy (non-hydrogen) atoms. The number of hydrogen-bond acceptors (Lipinski definition) is 4. The first-order chi connectivity index (χ1) is 8.83. The average molecular weight is 318 g/mol. The van der Waals surface area contributed by atoms with E-state index < -0.39 is 0 Å². The fourth-order valence-corrected chi connectivity index (χ4v) is 0.840. The van der Waals surface area contributed by atoms with E-state index >= 15 is 0 Å². The fourth-order valence-electron chi connectivity index (χ4n) is 0.840. The van der Waals surface area contributed by atoms with Gasteiger partial charge in [-0.3, -0.25) is 0 Å². The zero-order valence-electron chi connectivity index (χ0n) is 12.6. The van der Waals surface area contributed by atoms with Crippen LogP contribution in [0.5, 0.6) is 0 Å². The van der Waals surface area contributed by atoms with E-state index in [0.29, 0.717) is 0 Å². The Balaban J connectivity index is -0.000000256. The summed E-state index contributed by atoms with van der Waals surface area (Å²) in [5.41, 5.74) is 0. The van der Waals surface area contributed by atoms with Crippen LogP contribution < -0.4 is 21.3 Å². The van der Waals surface area contributed by atoms with Crippen molar-refractivity contribution in [1.29, 1.82) is 0 Å². The van der Waals surface area contributed by atoms with Crippen LogP contribution in [0.2, 0.25) is 0 Å². The molecule has 0 amide bonds. The van der Waals surface area contributed by atoms with Gasteiger partial charge in [0.05, 0.1) is 0 Å². The molecule has 0 rings (SSSR count). The van der Waals surface area contributed by atoms with Crippen molar-refractivity contribution in [1.82, 2.24) is 21.3 Å². The van der Waals surface area contributed by atoms with Crippen molar-refractivity contribution in [2.24, 2.45) is 0 Å². The van der Waals surface area contributed by atoms with Gasteiger partial charge in [-0.2, -0.15) is 0 Å². The third kappa shape index (κ3) is 32.2. The summed E-state index contributed by atoms with van der Waals surface area (Å²) in [6.07, 6.45) is 3.90. The molecule has 4 nitrogen and oxygen atoms in total. The van der Waals surface area contributed by atoms with Crippen LogP contribution >= 0.6 is 0 Å². The van der Waals surface area contributed by atoms with E-state index in [-0.39, 0.29) is 17.1 Å². The summed E-state index contributed by atoms with van der Waals surface area (Å²) in [6.45, 7) is 19.9. The van der Waals surface area contributed by atoms with E-state index in [1.807, 2.05) is 39.0 Å². The molecule has 0 aromatic rings. The Labute approximate surface area is 131 Å². The molecule has 7 radical (unpaired) electrons. The van der Waals surface area contributed by atoms with Crippen molar-refractivity contribution >= 4 is 0 Å². The Morgan fingerprint density at radius 3 is 0.895 bits per heavy atom. The van der Waals surface area contributed by atoms with Crippen LogP contribution in [0.3, 0.4) is 0 Å². The Bertz CT molecular complexity index is 100.